The van der Waals surface area contributed by atoms with Gasteiger partial charge in [0, 0.05) is 0 Å². The Kier molecular flexibility index (Phi) is 3.17. The summed E-state index contributed by atoms with van der Waals surface area (Å²) in [5.41, 5.74) is 8.21. The predicted octanol–water partition coefficient (Wildman–Crippen LogP) is 1.12. The SMILES string of the molecule is CCc1nn(C2(C)CCS(=O)(=O)C2)c(CC)c1N. The third-order valence-corrected chi connectivity index (χ3v) is 5.65. The molecule has 1 aliphatic rings. The smallest absolute Gasteiger partial charge is 0.152 e. The summed E-state index contributed by atoms with van der Waals surface area (Å²) in [6.45, 7) is 5.99. The van der Waals surface area contributed by atoms with Crippen LogP contribution in [0.15, 0.2) is 0 Å². The lowest BCUT2D eigenvalue weighted by atomic mass is 10.0. The van der Waals surface area contributed by atoms with Gasteiger partial charge in [-0.2, -0.15) is 5.10 Å². The van der Waals surface area contributed by atoms with Crippen molar-refractivity contribution in [2.75, 3.05) is 17.2 Å². The van der Waals surface area contributed by atoms with E-state index in [0.29, 0.717) is 6.42 Å². The van der Waals surface area contributed by atoms with Crippen LogP contribution in [-0.2, 0) is 28.2 Å². The van der Waals surface area contributed by atoms with E-state index in [2.05, 4.69) is 5.10 Å². The molecule has 0 saturated carbocycles. The summed E-state index contributed by atoms with van der Waals surface area (Å²) in [5.74, 6) is 0.408. The highest BCUT2D eigenvalue weighted by Gasteiger charge is 2.42. The number of aryl methyl sites for hydroxylation is 1. The molecule has 2 N–H and O–H groups in total. The minimum absolute atomic E-state index is 0.164. The summed E-state index contributed by atoms with van der Waals surface area (Å²) in [5, 5.41) is 4.55. The number of rotatable bonds is 3. The molecule has 0 spiro atoms. The van der Waals surface area contributed by atoms with Gasteiger partial charge in [0.2, 0.25) is 0 Å². The van der Waals surface area contributed by atoms with Crippen molar-refractivity contribution in [1.82, 2.24) is 9.78 Å². The molecule has 102 valence electrons. The van der Waals surface area contributed by atoms with E-state index in [-0.39, 0.29) is 11.5 Å². The summed E-state index contributed by atoms with van der Waals surface area (Å²) >= 11 is 0. The number of hydrogen-bond donors (Lipinski definition) is 1. The Bertz CT molecular complexity index is 562. The van der Waals surface area contributed by atoms with E-state index in [0.717, 1.165) is 29.9 Å². The van der Waals surface area contributed by atoms with E-state index in [1.165, 1.54) is 0 Å². The first-order valence-electron chi connectivity index (χ1n) is 6.40. The quantitative estimate of drug-likeness (QED) is 0.893. The molecule has 1 aromatic rings. The monoisotopic (exact) mass is 271 g/mol. The fraction of sp³-hybridized carbons (Fsp3) is 0.750. The van der Waals surface area contributed by atoms with Crippen molar-refractivity contribution >= 4 is 15.5 Å². The molecule has 0 amide bonds. The van der Waals surface area contributed by atoms with E-state index in [1.807, 2.05) is 25.5 Å². The Balaban J connectivity index is 2.51. The number of nitrogens with zero attached hydrogens (tertiary/aromatic N) is 2. The summed E-state index contributed by atoms with van der Waals surface area (Å²) in [7, 11) is -2.94. The van der Waals surface area contributed by atoms with E-state index in [4.69, 9.17) is 5.73 Å². The van der Waals surface area contributed by atoms with E-state index in [9.17, 15) is 8.42 Å². The van der Waals surface area contributed by atoms with Crippen molar-refractivity contribution in [3.63, 3.8) is 0 Å². The van der Waals surface area contributed by atoms with E-state index < -0.39 is 15.4 Å². The third-order valence-electron chi connectivity index (χ3n) is 3.76. The van der Waals surface area contributed by atoms with Gasteiger partial charge in [0.15, 0.2) is 9.84 Å². The molecule has 1 aromatic heterocycles. The zero-order chi connectivity index (χ0) is 13.6. The molecule has 0 aromatic carbocycles. The van der Waals surface area contributed by atoms with Crippen LogP contribution in [0.5, 0.6) is 0 Å². The molecule has 1 unspecified atom stereocenters. The molecule has 5 nitrogen and oxygen atoms in total. The van der Waals surface area contributed by atoms with Crippen LogP contribution < -0.4 is 5.73 Å². The Labute approximate surface area is 108 Å². The third kappa shape index (κ3) is 2.02. The zero-order valence-corrected chi connectivity index (χ0v) is 12.0. The predicted molar refractivity (Wildman–Crippen MR) is 72.3 cm³/mol. The Morgan fingerprint density at radius 1 is 1.39 bits per heavy atom. The highest BCUT2D eigenvalue weighted by molar-refractivity contribution is 7.91. The van der Waals surface area contributed by atoms with Crippen molar-refractivity contribution in [3.05, 3.63) is 11.4 Å². The molecular weight excluding hydrogens is 250 g/mol. The average Bonchev–Trinajstić information content (AvgIpc) is 2.77. The fourth-order valence-corrected chi connectivity index (χ4v) is 4.83. The van der Waals surface area contributed by atoms with Gasteiger partial charge in [-0.25, -0.2) is 8.42 Å². The van der Waals surface area contributed by atoms with Crippen molar-refractivity contribution in [1.29, 1.82) is 0 Å². The van der Waals surface area contributed by atoms with Crippen LogP contribution in [0.25, 0.3) is 0 Å². The summed E-state index contributed by atoms with van der Waals surface area (Å²) < 4.78 is 25.3. The maximum absolute atomic E-state index is 11.7. The number of anilines is 1. The minimum Gasteiger partial charge on any atom is -0.396 e. The molecule has 0 radical (unpaired) electrons. The Morgan fingerprint density at radius 2 is 2.06 bits per heavy atom. The first kappa shape index (κ1) is 13.4. The first-order valence-corrected chi connectivity index (χ1v) is 8.22. The van der Waals surface area contributed by atoms with Crippen LogP contribution in [0.4, 0.5) is 5.69 Å². The molecular formula is C12H21N3O2S. The highest BCUT2D eigenvalue weighted by atomic mass is 32.2. The fourth-order valence-electron chi connectivity index (χ4n) is 2.72. The zero-order valence-electron chi connectivity index (χ0n) is 11.2. The number of hydrogen-bond acceptors (Lipinski definition) is 4. The van der Waals surface area contributed by atoms with Gasteiger partial charge in [0.05, 0.1) is 34.1 Å². The molecule has 1 fully saturated rings. The second kappa shape index (κ2) is 4.26. The van der Waals surface area contributed by atoms with Gasteiger partial charge in [-0.3, -0.25) is 4.68 Å². The lowest BCUT2D eigenvalue weighted by Gasteiger charge is -2.25. The van der Waals surface area contributed by atoms with Gasteiger partial charge < -0.3 is 5.73 Å². The maximum Gasteiger partial charge on any atom is 0.152 e. The van der Waals surface area contributed by atoms with Crippen LogP contribution >= 0.6 is 0 Å². The van der Waals surface area contributed by atoms with E-state index in [1.54, 1.807) is 0 Å². The normalized spacial score (nSPS) is 26.6. The van der Waals surface area contributed by atoms with E-state index >= 15 is 0 Å². The Hall–Kier alpha value is -1.04. The lowest BCUT2D eigenvalue weighted by molar-refractivity contribution is 0.317. The minimum atomic E-state index is -2.94. The van der Waals surface area contributed by atoms with Crippen molar-refractivity contribution < 1.29 is 8.42 Å². The molecule has 1 saturated heterocycles. The molecule has 1 aliphatic heterocycles. The van der Waals surface area contributed by atoms with Gasteiger partial charge >= 0.3 is 0 Å². The number of sulfone groups is 1. The second-order valence-corrected chi connectivity index (χ2v) is 7.45. The van der Waals surface area contributed by atoms with Crippen LogP contribution in [0, 0.1) is 0 Å². The van der Waals surface area contributed by atoms with Crippen molar-refractivity contribution in [2.24, 2.45) is 0 Å². The van der Waals surface area contributed by atoms with Crippen LogP contribution in [0.2, 0.25) is 0 Å². The summed E-state index contributed by atoms with van der Waals surface area (Å²) in [4.78, 5) is 0. The Morgan fingerprint density at radius 3 is 2.50 bits per heavy atom. The molecule has 2 heterocycles. The molecule has 18 heavy (non-hydrogen) atoms. The molecule has 0 aliphatic carbocycles. The van der Waals surface area contributed by atoms with Gasteiger partial charge in [0.1, 0.15) is 0 Å². The first-order chi connectivity index (χ1) is 8.33. The van der Waals surface area contributed by atoms with Crippen molar-refractivity contribution in [3.8, 4) is 0 Å². The molecule has 0 bridgehead atoms. The largest absolute Gasteiger partial charge is 0.396 e. The molecule has 6 heteroatoms. The molecule has 2 rings (SSSR count). The van der Waals surface area contributed by atoms with Gasteiger partial charge in [-0.05, 0) is 26.2 Å². The van der Waals surface area contributed by atoms with Crippen LogP contribution in [0.3, 0.4) is 0 Å². The van der Waals surface area contributed by atoms with Gasteiger partial charge in [0.25, 0.3) is 0 Å². The van der Waals surface area contributed by atoms with Gasteiger partial charge in [-0.15, -0.1) is 0 Å². The topological polar surface area (TPSA) is 78.0 Å². The summed E-state index contributed by atoms with van der Waals surface area (Å²) in [6.07, 6.45) is 2.16. The number of nitrogens with two attached hydrogens (primary N) is 1. The highest BCUT2D eigenvalue weighted by Crippen LogP contribution is 2.34. The average molecular weight is 271 g/mol. The lowest BCUT2D eigenvalue weighted by Crippen LogP contribution is -2.34. The summed E-state index contributed by atoms with van der Waals surface area (Å²) in [6, 6.07) is 0. The van der Waals surface area contributed by atoms with Gasteiger partial charge in [-0.1, -0.05) is 13.8 Å². The standard InChI is InChI=1S/C12H21N3O2S/c1-4-9-11(13)10(5-2)15(14-9)12(3)6-7-18(16,17)8-12/h4-8,13H2,1-3H3. The van der Waals surface area contributed by atoms with Crippen LogP contribution in [0.1, 0.15) is 38.6 Å². The second-order valence-electron chi connectivity index (χ2n) is 5.26. The van der Waals surface area contributed by atoms with Crippen molar-refractivity contribution in [2.45, 2.75) is 45.6 Å². The molecule has 1 atom stereocenters. The maximum atomic E-state index is 11.7. The van der Waals surface area contributed by atoms with Crippen LogP contribution in [-0.4, -0.2) is 29.7 Å². The number of aromatic nitrogens is 2. The number of nitrogen functional groups attached to an aromatic ring is 1.